The molecule has 0 radical (unpaired) electrons. The van der Waals surface area contributed by atoms with Gasteiger partial charge >= 0.3 is 0 Å². The molecule has 4 heteroatoms. The van der Waals surface area contributed by atoms with Crippen LogP contribution in [0.1, 0.15) is 13.8 Å². The summed E-state index contributed by atoms with van der Waals surface area (Å²) >= 11 is 0. The number of halogens is 1. The van der Waals surface area contributed by atoms with Gasteiger partial charge in [0.2, 0.25) is 5.91 Å². The molecule has 0 aliphatic heterocycles. The van der Waals surface area contributed by atoms with E-state index in [-0.39, 0.29) is 18.3 Å². The quantitative estimate of drug-likeness (QED) is 0.886. The smallest absolute Gasteiger partial charge is 0.239 e. The third-order valence-corrected chi connectivity index (χ3v) is 2.75. The van der Waals surface area contributed by atoms with Gasteiger partial charge in [-0.1, -0.05) is 13.8 Å². The Morgan fingerprint density at radius 1 is 1.39 bits per heavy atom. The van der Waals surface area contributed by atoms with Crippen molar-refractivity contribution in [3.8, 4) is 0 Å². The molecular weight excluding hydrogens is 231 g/mol. The van der Waals surface area contributed by atoms with Crippen LogP contribution in [0.15, 0.2) is 30.5 Å². The predicted octanol–water partition coefficient (Wildman–Crippen LogP) is 2.55. The maximum absolute atomic E-state index is 13.0. The van der Waals surface area contributed by atoms with Crippen molar-refractivity contribution in [2.45, 2.75) is 20.4 Å². The van der Waals surface area contributed by atoms with Gasteiger partial charge in [0.1, 0.15) is 12.4 Å². The summed E-state index contributed by atoms with van der Waals surface area (Å²) < 4.78 is 14.9. The first kappa shape index (κ1) is 12.6. The highest BCUT2D eigenvalue weighted by molar-refractivity contribution is 5.83. The first-order chi connectivity index (χ1) is 8.56. The van der Waals surface area contributed by atoms with Gasteiger partial charge in [0.05, 0.1) is 0 Å². The van der Waals surface area contributed by atoms with Crippen molar-refractivity contribution >= 4 is 16.8 Å². The van der Waals surface area contributed by atoms with Crippen LogP contribution in [0.3, 0.4) is 0 Å². The van der Waals surface area contributed by atoms with Crippen LogP contribution in [-0.4, -0.2) is 17.0 Å². The molecule has 2 rings (SSSR count). The maximum atomic E-state index is 13.0. The third-order valence-electron chi connectivity index (χ3n) is 2.75. The summed E-state index contributed by atoms with van der Waals surface area (Å²) in [5.41, 5.74) is 0.871. The molecule has 1 N–H and O–H groups in total. The van der Waals surface area contributed by atoms with E-state index in [1.54, 1.807) is 12.3 Å². The van der Waals surface area contributed by atoms with Gasteiger partial charge in [-0.05, 0) is 30.2 Å². The lowest BCUT2D eigenvalue weighted by atomic mass is 10.2. The fraction of sp³-hybridized carbons (Fsp3) is 0.357. The first-order valence-electron chi connectivity index (χ1n) is 6.07. The lowest BCUT2D eigenvalue weighted by Gasteiger charge is -2.09. The Hall–Kier alpha value is -1.84. The maximum Gasteiger partial charge on any atom is 0.239 e. The average Bonchev–Trinajstić information content (AvgIpc) is 2.69. The number of nitrogens with one attached hydrogen (secondary N) is 1. The summed E-state index contributed by atoms with van der Waals surface area (Å²) in [5.74, 6) is 0.152. The van der Waals surface area contributed by atoms with Crippen LogP contribution < -0.4 is 5.32 Å². The molecular formula is C14H17FN2O. The van der Waals surface area contributed by atoms with E-state index in [0.29, 0.717) is 12.5 Å². The van der Waals surface area contributed by atoms with Crippen molar-refractivity contribution in [2.75, 3.05) is 6.54 Å². The largest absolute Gasteiger partial charge is 0.354 e. The molecule has 0 aliphatic rings. The Balaban J connectivity index is 2.10. The summed E-state index contributed by atoms with van der Waals surface area (Å²) in [7, 11) is 0. The lowest BCUT2D eigenvalue weighted by Crippen LogP contribution is -2.30. The number of rotatable bonds is 4. The number of aromatic nitrogens is 1. The van der Waals surface area contributed by atoms with Crippen molar-refractivity contribution in [2.24, 2.45) is 5.92 Å². The van der Waals surface area contributed by atoms with E-state index in [4.69, 9.17) is 0 Å². The Bertz CT molecular complexity index is 560. The second kappa shape index (κ2) is 5.21. The Kier molecular flexibility index (Phi) is 3.65. The number of carbonyl (C=O) groups is 1. The number of fused-ring (bicyclic) bond motifs is 1. The number of hydrogen-bond acceptors (Lipinski definition) is 1. The highest BCUT2D eigenvalue weighted by Gasteiger charge is 2.07. The number of amides is 1. The zero-order chi connectivity index (χ0) is 13.1. The molecule has 3 nitrogen and oxygen atoms in total. The molecule has 1 aromatic heterocycles. The van der Waals surface area contributed by atoms with Gasteiger partial charge in [-0.3, -0.25) is 4.79 Å². The van der Waals surface area contributed by atoms with Crippen LogP contribution in [0.5, 0.6) is 0 Å². The molecule has 0 unspecified atom stereocenters. The van der Waals surface area contributed by atoms with E-state index in [1.165, 1.54) is 12.1 Å². The fourth-order valence-electron chi connectivity index (χ4n) is 1.84. The average molecular weight is 248 g/mol. The molecule has 1 amide bonds. The minimum atomic E-state index is -0.260. The van der Waals surface area contributed by atoms with Gasteiger partial charge in [-0.2, -0.15) is 0 Å². The summed E-state index contributed by atoms with van der Waals surface area (Å²) in [6.45, 7) is 5.04. The highest BCUT2D eigenvalue weighted by Crippen LogP contribution is 2.16. The van der Waals surface area contributed by atoms with E-state index in [2.05, 4.69) is 5.32 Å². The zero-order valence-electron chi connectivity index (χ0n) is 10.6. The van der Waals surface area contributed by atoms with Gasteiger partial charge in [0.25, 0.3) is 0 Å². The second-order valence-electron chi connectivity index (χ2n) is 4.84. The second-order valence-corrected chi connectivity index (χ2v) is 4.84. The standard InChI is InChI=1S/C14H17FN2O/c1-10(2)8-16-14(18)9-17-6-5-11-7-12(15)3-4-13(11)17/h3-7,10H,8-9H2,1-2H3,(H,16,18). The Morgan fingerprint density at radius 2 is 2.17 bits per heavy atom. The number of hydrogen-bond donors (Lipinski definition) is 1. The molecule has 0 bridgehead atoms. The molecule has 0 atom stereocenters. The van der Waals surface area contributed by atoms with E-state index < -0.39 is 0 Å². The van der Waals surface area contributed by atoms with Crippen LogP contribution in [0.4, 0.5) is 4.39 Å². The molecule has 18 heavy (non-hydrogen) atoms. The van der Waals surface area contributed by atoms with Crippen molar-refractivity contribution in [1.82, 2.24) is 9.88 Å². The molecule has 2 aromatic rings. The van der Waals surface area contributed by atoms with Crippen molar-refractivity contribution < 1.29 is 9.18 Å². The first-order valence-corrected chi connectivity index (χ1v) is 6.07. The topological polar surface area (TPSA) is 34.0 Å². The monoisotopic (exact) mass is 248 g/mol. The molecule has 1 heterocycles. The van der Waals surface area contributed by atoms with Crippen LogP contribution in [-0.2, 0) is 11.3 Å². The van der Waals surface area contributed by atoms with Crippen molar-refractivity contribution in [3.63, 3.8) is 0 Å². The fourth-order valence-corrected chi connectivity index (χ4v) is 1.84. The summed E-state index contributed by atoms with van der Waals surface area (Å²) in [6.07, 6.45) is 1.80. The summed E-state index contributed by atoms with van der Waals surface area (Å²) in [6, 6.07) is 6.39. The zero-order valence-corrected chi connectivity index (χ0v) is 10.6. The summed E-state index contributed by atoms with van der Waals surface area (Å²) in [5, 5.41) is 3.67. The van der Waals surface area contributed by atoms with Gasteiger partial charge in [0.15, 0.2) is 0 Å². The summed E-state index contributed by atoms with van der Waals surface area (Å²) in [4.78, 5) is 11.7. The molecule has 0 fully saturated rings. The van der Waals surface area contributed by atoms with Crippen LogP contribution in [0, 0.1) is 11.7 Å². The van der Waals surface area contributed by atoms with E-state index in [9.17, 15) is 9.18 Å². The van der Waals surface area contributed by atoms with Crippen LogP contribution in [0.2, 0.25) is 0 Å². The minimum Gasteiger partial charge on any atom is -0.354 e. The molecule has 96 valence electrons. The normalized spacial score (nSPS) is 11.1. The van der Waals surface area contributed by atoms with E-state index >= 15 is 0 Å². The highest BCUT2D eigenvalue weighted by atomic mass is 19.1. The molecule has 0 aliphatic carbocycles. The number of benzene rings is 1. The Labute approximate surface area is 106 Å². The van der Waals surface area contributed by atoms with Crippen molar-refractivity contribution in [3.05, 3.63) is 36.3 Å². The van der Waals surface area contributed by atoms with E-state index in [1.807, 2.05) is 24.5 Å². The molecule has 0 saturated carbocycles. The third kappa shape index (κ3) is 2.88. The lowest BCUT2D eigenvalue weighted by molar-refractivity contribution is -0.121. The molecule has 0 spiro atoms. The number of carbonyl (C=O) groups excluding carboxylic acids is 1. The molecule has 1 aromatic carbocycles. The van der Waals surface area contributed by atoms with Crippen LogP contribution >= 0.6 is 0 Å². The van der Waals surface area contributed by atoms with Crippen LogP contribution in [0.25, 0.3) is 10.9 Å². The minimum absolute atomic E-state index is 0.0227. The Morgan fingerprint density at radius 3 is 2.89 bits per heavy atom. The van der Waals surface area contributed by atoms with E-state index in [0.717, 1.165) is 10.9 Å². The molecule has 0 saturated heterocycles. The van der Waals surface area contributed by atoms with Gasteiger partial charge in [-0.25, -0.2) is 4.39 Å². The SMILES string of the molecule is CC(C)CNC(=O)Cn1ccc2cc(F)ccc21. The van der Waals surface area contributed by atoms with Crippen molar-refractivity contribution in [1.29, 1.82) is 0 Å². The number of nitrogens with zero attached hydrogens (tertiary/aromatic N) is 1. The van der Waals surface area contributed by atoms with Gasteiger partial charge in [-0.15, -0.1) is 0 Å². The van der Waals surface area contributed by atoms with Gasteiger partial charge < -0.3 is 9.88 Å². The predicted molar refractivity (Wildman–Crippen MR) is 69.7 cm³/mol. The van der Waals surface area contributed by atoms with Gasteiger partial charge in [0, 0.05) is 23.6 Å².